The standard InChI is InChI=1S/C15H12F2N6/c16-9-5-10(17)7-12(6-9)20-15-22-13(21-14(19)23-15)8-1-3-11(18)4-2-8/h1-7H,18H2,(H3,19,20,21,22,23). The number of nitrogens with one attached hydrogen (secondary N) is 1. The van der Waals surface area contributed by atoms with Crippen molar-refractivity contribution in [3.63, 3.8) is 0 Å². The third kappa shape index (κ3) is 3.49. The number of aromatic nitrogens is 3. The zero-order valence-electron chi connectivity index (χ0n) is 11.8. The van der Waals surface area contributed by atoms with Crippen LogP contribution in [0.3, 0.4) is 0 Å². The first-order chi connectivity index (χ1) is 11.0. The van der Waals surface area contributed by atoms with Crippen LogP contribution in [0.1, 0.15) is 0 Å². The molecule has 0 fully saturated rings. The Hall–Kier alpha value is -3.29. The van der Waals surface area contributed by atoms with E-state index < -0.39 is 11.6 Å². The number of nitrogens with zero attached hydrogens (tertiary/aromatic N) is 3. The average Bonchev–Trinajstić information content (AvgIpc) is 2.46. The monoisotopic (exact) mass is 314 g/mol. The van der Waals surface area contributed by atoms with E-state index in [1.807, 2.05) is 0 Å². The molecule has 0 amide bonds. The highest BCUT2D eigenvalue weighted by molar-refractivity contribution is 5.62. The summed E-state index contributed by atoms with van der Waals surface area (Å²) in [6, 6.07) is 9.87. The van der Waals surface area contributed by atoms with Crippen molar-refractivity contribution in [2.45, 2.75) is 0 Å². The van der Waals surface area contributed by atoms with Crippen LogP contribution in [0.4, 0.5) is 32.1 Å². The number of hydrogen-bond acceptors (Lipinski definition) is 6. The van der Waals surface area contributed by atoms with Crippen LogP contribution in [0.5, 0.6) is 0 Å². The Morgan fingerprint density at radius 3 is 2.13 bits per heavy atom. The van der Waals surface area contributed by atoms with Gasteiger partial charge in [-0.2, -0.15) is 15.0 Å². The molecule has 0 spiro atoms. The van der Waals surface area contributed by atoms with E-state index in [2.05, 4.69) is 20.3 Å². The fraction of sp³-hybridized carbons (Fsp3) is 0. The van der Waals surface area contributed by atoms with Crippen molar-refractivity contribution in [1.29, 1.82) is 0 Å². The maximum absolute atomic E-state index is 13.2. The summed E-state index contributed by atoms with van der Waals surface area (Å²) in [4.78, 5) is 12.1. The number of anilines is 4. The highest BCUT2D eigenvalue weighted by Crippen LogP contribution is 2.21. The fourth-order valence-electron chi connectivity index (χ4n) is 1.96. The molecule has 3 aromatic rings. The Bertz CT molecular complexity index is 831. The Morgan fingerprint density at radius 1 is 0.826 bits per heavy atom. The van der Waals surface area contributed by atoms with Gasteiger partial charge in [0.2, 0.25) is 11.9 Å². The minimum Gasteiger partial charge on any atom is -0.399 e. The lowest BCUT2D eigenvalue weighted by Crippen LogP contribution is -2.05. The highest BCUT2D eigenvalue weighted by Gasteiger charge is 2.08. The quantitative estimate of drug-likeness (QED) is 0.642. The molecule has 0 atom stereocenters. The smallest absolute Gasteiger partial charge is 0.232 e. The van der Waals surface area contributed by atoms with E-state index in [0.717, 1.165) is 18.2 Å². The van der Waals surface area contributed by atoms with Gasteiger partial charge in [-0.15, -0.1) is 0 Å². The second-order valence-corrected chi connectivity index (χ2v) is 4.75. The van der Waals surface area contributed by atoms with Gasteiger partial charge in [0.05, 0.1) is 0 Å². The summed E-state index contributed by atoms with van der Waals surface area (Å²) >= 11 is 0. The fourth-order valence-corrected chi connectivity index (χ4v) is 1.96. The molecule has 1 aromatic heterocycles. The lowest BCUT2D eigenvalue weighted by atomic mass is 10.2. The molecular formula is C15H12F2N6. The third-order valence-corrected chi connectivity index (χ3v) is 2.94. The molecule has 0 aliphatic rings. The summed E-state index contributed by atoms with van der Waals surface area (Å²) in [5, 5.41) is 2.70. The molecule has 1 heterocycles. The van der Waals surface area contributed by atoms with Crippen LogP contribution < -0.4 is 16.8 Å². The molecular weight excluding hydrogens is 302 g/mol. The maximum atomic E-state index is 13.2. The first kappa shape index (κ1) is 14.6. The van der Waals surface area contributed by atoms with Crippen LogP contribution in [-0.2, 0) is 0 Å². The van der Waals surface area contributed by atoms with Crippen LogP contribution >= 0.6 is 0 Å². The molecule has 2 aromatic carbocycles. The molecule has 116 valence electrons. The predicted molar refractivity (Wildman–Crippen MR) is 83.7 cm³/mol. The summed E-state index contributed by atoms with van der Waals surface area (Å²) in [5.41, 5.74) is 12.7. The van der Waals surface area contributed by atoms with Crippen LogP contribution in [-0.4, -0.2) is 15.0 Å². The van der Waals surface area contributed by atoms with Gasteiger partial charge in [-0.05, 0) is 36.4 Å². The van der Waals surface area contributed by atoms with Crippen molar-refractivity contribution in [3.8, 4) is 11.4 Å². The minimum atomic E-state index is -0.715. The second-order valence-electron chi connectivity index (χ2n) is 4.75. The second kappa shape index (κ2) is 5.84. The number of benzene rings is 2. The predicted octanol–water partition coefficient (Wildman–Crippen LogP) is 2.72. The van der Waals surface area contributed by atoms with Crippen molar-refractivity contribution in [2.75, 3.05) is 16.8 Å². The maximum Gasteiger partial charge on any atom is 0.232 e. The first-order valence-electron chi connectivity index (χ1n) is 6.60. The molecule has 0 aliphatic carbocycles. The SMILES string of the molecule is Nc1ccc(-c2nc(N)nc(Nc3cc(F)cc(F)c3)n2)cc1. The van der Waals surface area contributed by atoms with Crippen molar-refractivity contribution in [2.24, 2.45) is 0 Å². The van der Waals surface area contributed by atoms with Gasteiger partial charge in [-0.1, -0.05) is 0 Å². The Balaban J connectivity index is 1.95. The van der Waals surface area contributed by atoms with E-state index in [4.69, 9.17) is 11.5 Å². The normalized spacial score (nSPS) is 10.5. The number of nitrogens with two attached hydrogens (primary N) is 2. The summed E-state index contributed by atoms with van der Waals surface area (Å²) < 4.78 is 26.4. The van der Waals surface area contributed by atoms with Gasteiger partial charge in [0.1, 0.15) is 11.6 Å². The Kier molecular flexibility index (Phi) is 3.71. The minimum absolute atomic E-state index is 0.0220. The number of nitrogen functional groups attached to an aromatic ring is 2. The Morgan fingerprint density at radius 2 is 1.48 bits per heavy atom. The average molecular weight is 314 g/mol. The van der Waals surface area contributed by atoms with Gasteiger partial charge in [0.15, 0.2) is 5.82 Å². The number of halogens is 2. The van der Waals surface area contributed by atoms with E-state index in [9.17, 15) is 8.78 Å². The summed E-state index contributed by atoms with van der Waals surface area (Å²) in [5.74, 6) is -1.06. The molecule has 0 radical (unpaired) electrons. The molecule has 6 nitrogen and oxygen atoms in total. The van der Waals surface area contributed by atoms with Gasteiger partial charge < -0.3 is 16.8 Å². The van der Waals surface area contributed by atoms with Gasteiger partial charge in [-0.3, -0.25) is 0 Å². The number of rotatable bonds is 3. The Labute approximate surface area is 130 Å². The largest absolute Gasteiger partial charge is 0.399 e. The zero-order chi connectivity index (χ0) is 16.4. The van der Waals surface area contributed by atoms with Crippen molar-refractivity contribution in [1.82, 2.24) is 15.0 Å². The van der Waals surface area contributed by atoms with E-state index in [0.29, 0.717) is 17.1 Å². The van der Waals surface area contributed by atoms with Crippen molar-refractivity contribution < 1.29 is 8.78 Å². The van der Waals surface area contributed by atoms with Crippen LogP contribution in [0.25, 0.3) is 11.4 Å². The molecule has 0 saturated carbocycles. The first-order valence-corrected chi connectivity index (χ1v) is 6.60. The van der Waals surface area contributed by atoms with Gasteiger partial charge in [0, 0.05) is 23.0 Å². The highest BCUT2D eigenvalue weighted by atomic mass is 19.1. The lowest BCUT2D eigenvalue weighted by molar-refractivity contribution is 0.584. The van der Waals surface area contributed by atoms with Gasteiger partial charge in [0.25, 0.3) is 0 Å². The van der Waals surface area contributed by atoms with Crippen LogP contribution in [0.2, 0.25) is 0 Å². The lowest BCUT2D eigenvalue weighted by Gasteiger charge is -2.08. The molecule has 8 heteroatoms. The molecule has 3 rings (SSSR count). The molecule has 0 bridgehead atoms. The van der Waals surface area contributed by atoms with Gasteiger partial charge in [-0.25, -0.2) is 8.78 Å². The van der Waals surface area contributed by atoms with E-state index in [1.165, 1.54) is 0 Å². The van der Waals surface area contributed by atoms with Crippen LogP contribution in [0, 0.1) is 11.6 Å². The summed E-state index contributed by atoms with van der Waals surface area (Å²) in [6.45, 7) is 0. The molecule has 0 aliphatic heterocycles. The van der Waals surface area contributed by atoms with E-state index >= 15 is 0 Å². The number of hydrogen-bond donors (Lipinski definition) is 3. The van der Waals surface area contributed by atoms with Crippen molar-refractivity contribution >= 4 is 23.3 Å². The zero-order valence-corrected chi connectivity index (χ0v) is 11.8. The topological polar surface area (TPSA) is 103 Å². The third-order valence-electron chi connectivity index (χ3n) is 2.94. The molecule has 0 unspecified atom stereocenters. The summed E-state index contributed by atoms with van der Waals surface area (Å²) in [6.07, 6.45) is 0. The van der Waals surface area contributed by atoms with E-state index in [1.54, 1.807) is 24.3 Å². The molecule has 23 heavy (non-hydrogen) atoms. The van der Waals surface area contributed by atoms with Crippen LogP contribution in [0.15, 0.2) is 42.5 Å². The summed E-state index contributed by atoms with van der Waals surface area (Å²) in [7, 11) is 0. The van der Waals surface area contributed by atoms with E-state index in [-0.39, 0.29) is 17.6 Å². The molecule has 5 N–H and O–H groups in total. The van der Waals surface area contributed by atoms with Gasteiger partial charge >= 0.3 is 0 Å². The van der Waals surface area contributed by atoms with Crippen molar-refractivity contribution in [3.05, 3.63) is 54.1 Å². The molecule has 0 saturated heterocycles.